The predicted molar refractivity (Wildman–Crippen MR) is 75.2 cm³/mol. The van der Waals surface area contributed by atoms with Gasteiger partial charge in [0.05, 0.1) is 6.61 Å². The normalized spacial score (nSPS) is 13.8. The molecule has 0 unspecified atom stereocenters. The van der Waals surface area contributed by atoms with E-state index in [-0.39, 0.29) is 17.7 Å². The number of carbonyl (C=O) groups is 2. The molecule has 1 aromatic rings. The number of ether oxygens (including phenoxy) is 1. The summed E-state index contributed by atoms with van der Waals surface area (Å²) < 4.78 is 4.87. The van der Waals surface area contributed by atoms with Crippen molar-refractivity contribution in [2.24, 2.45) is 5.92 Å². The molecule has 1 aromatic carbocycles. The predicted octanol–water partition coefficient (Wildman–Crippen LogP) is 1.09. The van der Waals surface area contributed by atoms with Gasteiger partial charge in [-0.25, -0.2) is 0 Å². The maximum absolute atomic E-state index is 11.8. The lowest BCUT2D eigenvalue weighted by Crippen LogP contribution is -2.27. The molecule has 1 fully saturated rings. The molecule has 0 spiro atoms. The van der Waals surface area contributed by atoms with Crippen molar-refractivity contribution >= 4 is 11.8 Å². The first-order valence-corrected chi connectivity index (χ1v) is 6.84. The molecule has 0 atom stereocenters. The van der Waals surface area contributed by atoms with E-state index >= 15 is 0 Å². The molecule has 0 heterocycles. The van der Waals surface area contributed by atoms with Crippen LogP contribution >= 0.6 is 0 Å². The van der Waals surface area contributed by atoms with E-state index < -0.39 is 0 Å². The van der Waals surface area contributed by atoms with Crippen molar-refractivity contribution < 1.29 is 14.3 Å². The maximum atomic E-state index is 11.8. The monoisotopic (exact) mass is 276 g/mol. The first-order valence-electron chi connectivity index (χ1n) is 6.84. The molecule has 1 saturated carbocycles. The molecule has 0 saturated heterocycles. The Kier molecular flexibility index (Phi) is 5.12. The zero-order chi connectivity index (χ0) is 14.4. The Hall–Kier alpha value is -1.88. The number of hydrogen-bond acceptors (Lipinski definition) is 3. The van der Waals surface area contributed by atoms with Crippen LogP contribution in [-0.2, 0) is 16.1 Å². The van der Waals surface area contributed by atoms with Gasteiger partial charge in [0.15, 0.2) is 0 Å². The van der Waals surface area contributed by atoms with Gasteiger partial charge in [0.2, 0.25) is 5.91 Å². The summed E-state index contributed by atoms with van der Waals surface area (Å²) in [5.41, 5.74) is 1.60. The molecule has 0 aromatic heterocycles. The number of benzene rings is 1. The van der Waals surface area contributed by atoms with Crippen molar-refractivity contribution in [3.05, 3.63) is 35.4 Å². The minimum Gasteiger partial charge on any atom is -0.383 e. The second-order valence-corrected chi connectivity index (χ2v) is 4.94. The Morgan fingerprint density at radius 1 is 1.20 bits per heavy atom. The van der Waals surface area contributed by atoms with Crippen molar-refractivity contribution in [1.82, 2.24) is 10.6 Å². The molecular weight excluding hydrogens is 256 g/mol. The maximum Gasteiger partial charge on any atom is 0.251 e. The highest BCUT2D eigenvalue weighted by molar-refractivity contribution is 5.94. The molecule has 2 N–H and O–H groups in total. The molecule has 1 aliphatic carbocycles. The van der Waals surface area contributed by atoms with Crippen molar-refractivity contribution in [3.63, 3.8) is 0 Å². The number of amides is 2. The van der Waals surface area contributed by atoms with E-state index in [9.17, 15) is 9.59 Å². The van der Waals surface area contributed by atoms with Gasteiger partial charge in [-0.15, -0.1) is 0 Å². The molecule has 0 radical (unpaired) electrons. The Morgan fingerprint density at radius 2 is 1.90 bits per heavy atom. The number of nitrogens with one attached hydrogen (secondary N) is 2. The highest BCUT2D eigenvalue weighted by Gasteiger charge is 2.29. The van der Waals surface area contributed by atoms with Crippen molar-refractivity contribution in [1.29, 1.82) is 0 Å². The number of carbonyl (C=O) groups excluding carboxylic acids is 2. The van der Waals surface area contributed by atoms with Gasteiger partial charge >= 0.3 is 0 Å². The van der Waals surface area contributed by atoms with Crippen LogP contribution < -0.4 is 10.6 Å². The van der Waals surface area contributed by atoms with Crippen LogP contribution in [0.2, 0.25) is 0 Å². The average molecular weight is 276 g/mol. The summed E-state index contributed by atoms with van der Waals surface area (Å²) in [4.78, 5) is 23.3. The van der Waals surface area contributed by atoms with Gasteiger partial charge in [0, 0.05) is 31.7 Å². The van der Waals surface area contributed by atoms with Crippen LogP contribution in [0, 0.1) is 5.92 Å². The Balaban J connectivity index is 1.79. The van der Waals surface area contributed by atoms with E-state index in [0.717, 1.165) is 18.4 Å². The fraction of sp³-hybridized carbons (Fsp3) is 0.467. The van der Waals surface area contributed by atoms with E-state index in [2.05, 4.69) is 10.6 Å². The van der Waals surface area contributed by atoms with Gasteiger partial charge in [-0.2, -0.15) is 0 Å². The lowest BCUT2D eigenvalue weighted by atomic mass is 10.1. The SMILES string of the molecule is COCCNC(=O)c1ccc(CNC(=O)C2CC2)cc1. The van der Waals surface area contributed by atoms with Gasteiger partial charge in [-0.3, -0.25) is 9.59 Å². The first-order chi connectivity index (χ1) is 9.70. The summed E-state index contributed by atoms with van der Waals surface area (Å²) >= 11 is 0. The molecule has 0 aliphatic heterocycles. The highest BCUT2D eigenvalue weighted by Crippen LogP contribution is 2.28. The molecule has 5 heteroatoms. The van der Waals surface area contributed by atoms with Crippen LogP contribution in [0.3, 0.4) is 0 Å². The van der Waals surface area contributed by atoms with Crippen molar-refractivity contribution in [3.8, 4) is 0 Å². The minimum absolute atomic E-state index is 0.115. The van der Waals surface area contributed by atoms with Crippen LogP contribution in [0.4, 0.5) is 0 Å². The first kappa shape index (κ1) is 14.5. The van der Waals surface area contributed by atoms with Gasteiger partial charge < -0.3 is 15.4 Å². The minimum atomic E-state index is -0.115. The quantitative estimate of drug-likeness (QED) is 0.733. The lowest BCUT2D eigenvalue weighted by molar-refractivity contribution is -0.122. The molecule has 1 aliphatic rings. The second kappa shape index (κ2) is 7.05. The summed E-state index contributed by atoms with van der Waals surface area (Å²) in [6.45, 7) is 1.51. The highest BCUT2D eigenvalue weighted by atomic mass is 16.5. The van der Waals surface area contributed by atoms with Crippen LogP contribution in [0.15, 0.2) is 24.3 Å². The number of rotatable bonds is 7. The van der Waals surface area contributed by atoms with E-state index in [1.807, 2.05) is 12.1 Å². The van der Waals surface area contributed by atoms with Gasteiger partial charge in [-0.05, 0) is 30.5 Å². The summed E-state index contributed by atoms with van der Waals surface area (Å²) in [5.74, 6) is 0.239. The zero-order valence-electron chi connectivity index (χ0n) is 11.6. The van der Waals surface area contributed by atoms with Gasteiger partial charge in [0.25, 0.3) is 5.91 Å². The average Bonchev–Trinajstić information content (AvgIpc) is 3.30. The van der Waals surface area contributed by atoms with Crippen molar-refractivity contribution in [2.75, 3.05) is 20.3 Å². The number of methoxy groups -OCH3 is 1. The Morgan fingerprint density at radius 3 is 2.50 bits per heavy atom. The largest absolute Gasteiger partial charge is 0.383 e. The van der Waals surface area contributed by atoms with E-state index in [4.69, 9.17) is 4.74 Å². The third-order valence-electron chi connectivity index (χ3n) is 3.22. The van der Waals surface area contributed by atoms with Crippen LogP contribution in [-0.4, -0.2) is 32.1 Å². The standard InChI is InChI=1S/C15H20N2O3/c1-20-9-8-16-14(18)12-4-2-11(3-5-12)10-17-15(19)13-6-7-13/h2-5,13H,6-10H2,1H3,(H,16,18)(H,17,19). The lowest BCUT2D eigenvalue weighted by Gasteiger charge is -2.07. The van der Waals surface area contributed by atoms with Gasteiger partial charge in [-0.1, -0.05) is 12.1 Å². The second-order valence-electron chi connectivity index (χ2n) is 4.94. The summed E-state index contributed by atoms with van der Waals surface area (Å²) in [7, 11) is 1.59. The summed E-state index contributed by atoms with van der Waals surface area (Å²) in [6.07, 6.45) is 2.01. The van der Waals surface area contributed by atoms with Gasteiger partial charge in [0.1, 0.15) is 0 Å². The number of hydrogen-bond donors (Lipinski definition) is 2. The van der Waals surface area contributed by atoms with Crippen LogP contribution in [0.1, 0.15) is 28.8 Å². The fourth-order valence-electron chi connectivity index (χ4n) is 1.82. The third kappa shape index (κ3) is 4.35. The van der Waals surface area contributed by atoms with Crippen LogP contribution in [0.25, 0.3) is 0 Å². The molecular formula is C15H20N2O3. The molecule has 108 valence electrons. The molecule has 2 amide bonds. The molecule has 2 rings (SSSR count). The van der Waals surface area contributed by atoms with E-state index in [1.54, 1.807) is 19.2 Å². The fourth-order valence-corrected chi connectivity index (χ4v) is 1.82. The summed E-state index contributed by atoms with van der Waals surface area (Å²) in [6, 6.07) is 7.25. The molecule has 20 heavy (non-hydrogen) atoms. The van der Waals surface area contributed by atoms with Crippen molar-refractivity contribution in [2.45, 2.75) is 19.4 Å². The molecule has 0 bridgehead atoms. The Bertz CT molecular complexity index is 467. The zero-order valence-corrected chi connectivity index (χ0v) is 11.6. The Labute approximate surface area is 118 Å². The third-order valence-corrected chi connectivity index (χ3v) is 3.22. The smallest absolute Gasteiger partial charge is 0.251 e. The topological polar surface area (TPSA) is 67.4 Å². The van der Waals surface area contributed by atoms with E-state index in [0.29, 0.717) is 25.3 Å². The van der Waals surface area contributed by atoms with E-state index in [1.165, 1.54) is 0 Å². The molecule has 5 nitrogen and oxygen atoms in total. The summed E-state index contributed by atoms with van der Waals surface area (Å²) in [5, 5.41) is 5.65. The van der Waals surface area contributed by atoms with Crippen LogP contribution in [0.5, 0.6) is 0 Å².